The van der Waals surface area contributed by atoms with Gasteiger partial charge in [0.15, 0.2) is 0 Å². The van der Waals surface area contributed by atoms with Gasteiger partial charge in [-0.05, 0) is 24.1 Å². The largest absolute Gasteiger partial charge is 0.383 e. The Morgan fingerprint density at radius 3 is 3.00 bits per heavy atom. The van der Waals surface area contributed by atoms with E-state index in [-0.39, 0.29) is 5.82 Å². The maximum Gasteiger partial charge on any atom is 0.123 e. The highest BCUT2D eigenvalue weighted by molar-refractivity contribution is 8.03. The number of halogens is 1. The van der Waals surface area contributed by atoms with Gasteiger partial charge >= 0.3 is 0 Å². The molecule has 0 fully saturated rings. The highest BCUT2D eigenvalue weighted by Crippen LogP contribution is 2.42. The van der Waals surface area contributed by atoms with Gasteiger partial charge in [0.1, 0.15) is 5.82 Å². The second kappa shape index (κ2) is 4.05. The molecule has 0 amide bonds. The number of nitrogens with one attached hydrogen (secondary N) is 1. The molecular formula is C11H12FNS. The molecule has 3 heteroatoms. The molecule has 1 N–H and O–H groups in total. The highest BCUT2D eigenvalue weighted by Gasteiger charge is 2.18. The lowest BCUT2D eigenvalue weighted by atomic mass is 10.1. The molecule has 14 heavy (non-hydrogen) atoms. The lowest BCUT2D eigenvalue weighted by Gasteiger charge is -2.09. The van der Waals surface area contributed by atoms with E-state index in [0.717, 1.165) is 12.0 Å². The van der Waals surface area contributed by atoms with Gasteiger partial charge in [-0.1, -0.05) is 18.2 Å². The van der Waals surface area contributed by atoms with E-state index in [4.69, 9.17) is 0 Å². The van der Waals surface area contributed by atoms with Crippen molar-refractivity contribution in [3.8, 4) is 0 Å². The smallest absolute Gasteiger partial charge is 0.123 e. The Hall–Kier alpha value is -0.960. The first kappa shape index (κ1) is 9.59. The second-order valence-electron chi connectivity index (χ2n) is 3.22. The number of rotatable bonds is 2. The zero-order chi connectivity index (χ0) is 9.97. The lowest BCUT2D eigenvalue weighted by Crippen LogP contribution is -1.99. The van der Waals surface area contributed by atoms with E-state index in [1.165, 1.54) is 11.1 Å². The Balaban J connectivity index is 2.12. The number of benzene rings is 1. The Bertz CT molecular complexity index is 362. The predicted molar refractivity (Wildman–Crippen MR) is 58.5 cm³/mol. The van der Waals surface area contributed by atoms with Crippen LogP contribution in [0.15, 0.2) is 35.4 Å². The molecule has 1 nitrogen and oxygen atoms in total. The summed E-state index contributed by atoms with van der Waals surface area (Å²) in [5.41, 5.74) is 1.07. The standard InChI is InChI=1S/C11H12FNS/c1-13-11-6-5-10(14-11)8-3-2-4-9(12)7-8/h2-4,6-7,10,13H,5H2,1H3. The summed E-state index contributed by atoms with van der Waals surface area (Å²) >= 11 is 1.76. The summed E-state index contributed by atoms with van der Waals surface area (Å²) in [6.45, 7) is 0. The summed E-state index contributed by atoms with van der Waals surface area (Å²) in [5, 5.41) is 4.66. The van der Waals surface area contributed by atoms with Gasteiger partial charge in [-0.3, -0.25) is 0 Å². The van der Waals surface area contributed by atoms with E-state index in [1.807, 2.05) is 13.1 Å². The second-order valence-corrected chi connectivity index (χ2v) is 4.46. The molecule has 0 aromatic heterocycles. The molecule has 74 valence electrons. The van der Waals surface area contributed by atoms with Crippen molar-refractivity contribution in [2.75, 3.05) is 7.05 Å². The molecule has 1 unspecified atom stereocenters. The SMILES string of the molecule is CNC1=CCC(c2cccc(F)c2)S1. The minimum Gasteiger partial charge on any atom is -0.383 e. The average Bonchev–Trinajstić information content (AvgIpc) is 2.66. The van der Waals surface area contributed by atoms with E-state index in [2.05, 4.69) is 11.4 Å². The van der Waals surface area contributed by atoms with Crippen LogP contribution < -0.4 is 5.32 Å². The van der Waals surface area contributed by atoms with Crippen molar-refractivity contribution >= 4 is 11.8 Å². The topological polar surface area (TPSA) is 12.0 Å². The van der Waals surface area contributed by atoms with Crippen molar-refractivity contribution in [3.63, 3.8) is 0 Å². The van der Waals surface area contributed by atoms with Crippen molar-refractivity contribution < 1.29 is 4.39 Å². The van der Waals surface area contributed by atoms with Gasteiger partial charge in [-0.2, -0.15) is 0 Å². The van der Waals surface area contributed by atoms with E-state index >= 15 is 0 Å². The Kier molecular flexibility index (Phi) is 2.77. The van der Waals surface area contributed by atoms with Gasteiger partial charge in [-0.15, -0.1) is 11.8 Å². The maximum absolute atomic E-state index is 13.0. The van der Waals surface area contributed by atoms with E-state index in [9.17, 15) is 4.39 Å². The van der Waals surface area contributed by atoms with Crippen LogP contribution in [0.25, 0.3) is 0 Å². The van der Waals surface area contributed by atoms with Crippen molar-refractivity contribution in [2.24, 2.45) is 0 Å². The van der Waals surface area contributed by atoms with Crippen molar-refractivity contribution in [1.82, 2.24) is 5.32 Å². The molecule has 2 rings (SSSR count). The van der Waals surface area contributed by atoms with Crippen LogP contribution in [0.5, 0.6) is 0 Å². The van der Waals surface area contributed by atoms with Crippen LogP contribution in [0.4, 0.5) is 4.39 Å². The molecule has 1 heterocycles. The molecule has 0 bridgehead atoms. The van der Waals surface area contributed by atoms with Crippen LogP contribution in [0.2, 0.25) is 0 Å². The zero-order valence-electron chi connectivity index (χ0n) is 7.96. The fraction of sp³-hybridized carbons (Fsp3) is 0.273. The summed E-state index contributed by atoms with van der Waals surface area (Å²) in [5.74, 6) is -0.152. The summed E-state index contributed by atoms with van der Waals surface area (Å²) in [6.07, 6.45) is 3.13. The third-order valence-corrected chi connectivity index (χ3v) is 3.63. The Morgan fingerprint density at radius 2 is 2.36 bits per heavy atom. The van der Waals surface area contributed by atoms with Crippen LogP contribution in [0.1, 0.15) is 17.2 Å². The number of hydrogen-bond acceptors (Lipinski definition) is 2. The maximum atomic E-state index is 13.0. The van der Waals surface area contributed by atoms with Gasteiger partial charge in [0, 0.05) is 12.3 Å². The van der Waals surface area contributed by atoms with E-state index in [0.29, 0.717) is 5.25 Å². The van der Waals surface area contributed by atoms with Crippen LogP contribution in [0, 0.1) is 5.82 Å². The molecule has 0 saturated heterocycles. The third kappa shape index (κ3) is 1.93. The van der Waals surface area contributed by atoms with Gasteiger partial charge in [0.25, 0.3) is 0 Å². The first-order chi connectivity index (χ1) is 6.79. The van der Waals surface area contributed by atoms with Gasteiger partial charge < -0.3 is 5.32 Å². The lowest BCUT2D eigenvalue weighted by molar-refractivity contribution is 0.625. The van der Waals surface area contributed by atoms with Crippen LogP contribution in [-0.2, 0) is 0 Å². The minimum absolute atomic E-state index is 0.152. The van der Waals surface area contributed by atoms with Crippen molar-refractivity contribution in [1.29, 1.82) is 0 Å². The summed E-state index contributed by atoms with van der Waals surface area (Å²) in [4.78, 5) is 0. The molecule has 1 aromatic carbocycles. The molecule has 0 aliphatic carbocycles. The number of allylic oxidation sites excluding steroid dienone is 1. The molecule has 1 aliphatic heterocycles. The van der Waals surface area contributed by atoms with E-state index < -0.39 is 0 Å². The first-order valence-corrected chi connectivity index (χ1v) is 5.47. The Labute approximate surface area is 87.4 Å². The fourth-order valence-corrected chi connectivity index (χ4v) is 2.63. The molecule has 1 aromatic rings. The van der Waals surface area contributed by atoms with Gasteiger partial charge in [0.05, 0.1) is 5.03 Å². The van der Waals surface area contributed by atoms with Crippen molar-refractivity contribution in [2.45, 2.75) is 11.7 Å². The van der Waals surface area contributed by atoms with Gasteiger partial charge in [-0.25, -0.2) is 4.39 Å². The quantitative estimate of drug-likeness (QED) is 0.803. The number of hydrogen-bond donors (Lipinski definition) is 1. The van der Waals surface area contributed by atoms with Crippen LogP contribution in [0.3, 0.4) is 0 Å². The predicted octanol–water partition coefficient (Wildman–Crippen LogP) is 3.06. The molecule has 0 saturated carbocycles. The number of thioether (sulfide) groups is 1. The summed E-state index contributed by atoms with van der Waals surface area (Å²) < 4.78 is 13.0. The third-order valence-electron chi connectivity index (χ3n) is 2.25. The van der Waals surface area contributed by atoms with Crippen molar-refractivity contribution in [3.05, 3.63) is 46.8 Å². The van der Waals surface area contributed by atoms with Gasteiger partial charge in [0.2, 0.25) is 0 Å². The van der Waals surface area contributed by atoms with Crippen LogP contribution >= 0.6 is 11.8 Å². The molecular weight excluding hydrogens is 197 g/mol. The molecule has 0 radical (unpaired) electrons. The summed E-state index contributed by atoms with van der Waals surface area (Å²) in [6, 6.07) is 6.84. The van der Waals surface area contributed by atoms with E-state index in [1.54, 1.807) is 23.9 Å². The highest BCUT2D eigenvalue weighted by atomic mass is 32.2. The monoisotopic (exact) mass is 209 g/mol. The zero-order valence-corrected chi connectivity index (χ0v) is 8.77. The fourth-order valence-electron chi connectivity index (χ4n) is 1.54. The minimum atomic E-state index is -0.152. The average molecular weight is 209 g/mol. The molecule has 0 spiro atoms. The van der Waals surface area contributed by atoms with Crippen LogP contribution in [-0.4, -0.2) is 7.05 Å². The Morgan fingerprint density at radius 1 is 1.50 bits per heavy atom. The normalized spacial score (nSPS) is 20.7. The molecule has 1 atom stereocenters. The molecule has 1 aliphatic rings. The first-order valence-electron chi connectivity index (χ1n) is 4.59. The summed E-state index contributed by atoms with van der Waals surface area (Å²) in [7, 11) is 1.91.